The molecule has 0 heterocycles. The molecule has 0 unspecified atom stereocenters. The minimum atomic E-state index is -2.98. The number of benzene rings is 6. The minimum Gasteiger partial charge on any atom is -0.149 e. The van der Waals surface area contributed by atoms with Gasteiger partial charge >= 0.3 is 0 Å². The van der Waals surface area contributed by atoms with Crippen LogP contribution in [0.25, 0.3) is 33.4 Å². The van der Waals surface area contributed by atoms with E-state index in [-0.39, 0.29) is 0 Å². The Kier molecular flexibility index (Phi) is 9.69. The second-order valence-electron chi connectivity index (χ2n) is 13.7. The van der Waals surface area contributed by atoms with Crippen molar-refractivity contribution in [3.63, 3.8) is 0 Å². The van der Waals surface area contributed by atoms with Crippen molar-refractivity contribution in [3.8, 4) is 33.4 Å². The van der Waals surface area contributed by atoms with Crippen molar-refractivity contribution in [1.82, 2.24) is 0 Å². The maximum absolute atomic E-state index is 8.23. The Hall–Kier alpha value is -4.17. The van der Waals surface area contributed by atoms with Gasteiger partial charge in [-0.05, 0) is 83.4 Å². The zero-order chi connectivity index (χ0) is 33.1. The summed E-state index contributed by atoms with van der Waals surface area (Å²) in [6.07, 6.45) is 0. The highest BCUT2D eigenvalue weighted by molar-refractivity contribution is 7.40. The largest absolute Gasteiger partial charge is 0.248 e. The van der Waals surface area contributed by atoms with Gasteiger partial charge in [-0.2, -0.15) is 0 Å². The smallest absolute Gasteiger partial charge is 0.149 e. The molecule has 0 nitrogen and oxygen atoms in total. The zero-order valence-electron chi connectivity index (χ0n) is 28.5. The second kappa shape index (κ2) is 13.9. The van der Waals surface area contributed by atoms with Gasteiger partial charge in [0, 0.05) is 0 Å². The molecule has 47 heavy (non-hydrogen) atoms. The summed E-state index contributed by atoms with van der Waals surface area (Å²) in [5, 5.41) is 3.55. The summed E-state index contributed by atoms with van der Waals surface area (Å²) in [5.74, 6) is 1.50. The minimum absolute atomic E-state index is 0.501. The van der Waals surface area contributed by atoms with E-state index >= 15 is 0 Å². The average molecular weight is 649 g/mol. The summed E-state index contributed by atoms with van der Waals surface area (Å²) in [4.78, 5) is 0. The number of halogens is 1. The molecule has 0 N–H and O–H groups in total. The molecule has 0 aromatic heterocycles. The van der Waals surface area contributed by atoms with Gasteiger partial charge in [0.1, 0.15) is 0 Å². The predicted octanol–water partition coefficient (Wildman–Crippen LogP) is 11.3. The lowest BCUT2D eigenvalue weighted by atomic mass is 9.99. The van der Waals surface area contributed by atoms with Crippen LogP contribution in [0.4, 0.5) is 0 Å². The molecule has 6 aromatic carbocycles. The van der Waals surface area contributed by atoms with E-state index in [1.165, 1.54) is 65.6 Å². The number of hydrogen-bond donors (Lipinski definition) is 0. The van der Waals surface area contributed by atoms with Crippen LogP contribution in [0, 0.1) is 0 Å². The molecule has 0 bridgehead atoms. The van der Waals surface area contributed by atoms with Gasteiger partial charge in [-0.3, -0.25) is 0 Å². The molecule has 0 atom stereocenters. The Morgan fingerprint density at radius 3 is 0.830 bits per heavy atom. The van der Waals surface area contributed by atoms with E-state index in [1.54, 1.807) is 0 Å². The maximum atomic E-state index is 8.23. The third-order valence-corrected chi connectivity index (χ3v) is 14.8. The van der Waals surface area contributed by atoms with Crippen LogP contribution in [-0.4, -0.2) is 7.38 Å². The quantitative estimate of drug-likeness (QED) is 0.0831. The van der Waals surface area contributed by atoms with Crippen LogP contribution in [0.15, 0.2) is 146 Å². The van der Waals surface area contributed by atoms with Crippen LogP contribution in [0.1, 0.15) is 76.0 Å². The van der Waals surface area contributed by atoms with E-state index in [9.17, 15) is 0 Å². The van der Waals surface area contributed by atoms with Gasteiger partial charge in [-0.15, -0.1) is 11.1 Å². The molecule has 0 aliphatic rings. The molecule has 236 valence electrons. The first-order valence-electron chi connectivity index (χ1n) is 16.9. The molecule has 6 aromatic rings. The highest BCUT2D eigenvalue weighted by Crippen LogP contribution is 2.28. The molecule has 0 saturated heterocycles. The van der Waals surface area contributed by atoms with Gasteiger partial charge in [0.15, 0.2) is 0 Å². The van der Waals surface area contributed by atoms with Crippen LogP contribution < -0.4 is 15.6 Å². The number of rotatable bonds is 9. The van der Waals surface area contributed by atoms with Crippen LogP contribution in [-0.2, 0) is 0 Å². The summed E-state index contributed by atoms with van der Waals surface area (Å²) >= 11 is 8.23. The summed E-state index contributed by atoms with van der Waals surface area (Å²) in [5.41, 5.74) is 11.3. The first-order chi connectivity index (χ1) is 22.6. The molecule has 0 saturated carbocycles. The van der Waals surface area contributed by atoms with Crippen molar-refractivity contribution in [1.29, 1.82) is 0 Å². The van der Waals surface area contributed by atoms with Crippen LogP contribution in [0.2, 0.25) is 0 Å². The van der Waals surface area contributed by atoms with E-state index in [2.05, 4.69) is 187 Å². The van der Waals surface area contributed by atoms with Gasteiger partial charge in [-0.25, -0.2) is 0 Å². The summed E-state index contributed by atoms with van der Waals surface area (Å²) in [6, 6.07) is 53.8. The van der Waals surface area contributed by atoms with Gasteiger partial charge in [0.25, 0.3) is 0 Å². The fourth-order valence-electron chi connectivity index (χ4n) is 6.42. The first-order valence-corrected chi connectivity index (χ1v) is 20.0. The molecular weight excluding hydrogens is 604 g/mol. The lowest BCUT2D eigenvalue weighted by Gasteiger charge is -2.28. The van der Waals surface area contributed by atoms with Crippen molar-refractivity contribution < 1.29 is 0 Å². The number of hydrogen-bond acceptors (Lipinski definition) is 0. The van der Waals surface area contributed by atoms with Crippen molar-refractivity contribution in [2.24, 2.45) is 0 Å². The van der Waals surface area contributed by atoms with E-state index < -0.39 is 7.38 Å². The average Bonchev–Trinajstić information content (AvgIpc) is 3.11. The molecule has 0 aliphatic heterocycles. The Morgan fingerprint density at radius 1 is 0.340 bits per heavy atom. The molecule has 6 rings (SSSR count). The zero-order valence-corrected chi connectivity index (χ0v) is 30.2. The topological polar surface area (TPSA) is 0 Å². The van der Waals surface area contributed by atoms with Crippen molar-refractivity contribution in [3.05, 3.63) is 162 Å². The lowest BCUT2D eigenvalue weighted by molar-refractivity contribution is 0.867. The Balaban J connectivity index is 1.49. The summed E-state index contributed by atoms with van der Waals surface area (Å²) in [6.45, 7) is 13.4. The second-order valence-corrected chi connectivity index (χ2v) is 18.5. The Bertz CT molecular complexity index is 1720. The van der Waals surface area contributed by atoms with Crippen LogP contribution >= 0.6 is 11.1 Å². The van der Waals surface area contributed by atoms with Gasteiger partial charge in [0.2, 0.25) is 7.38 Å². The summed E-state index contributed by atoms with van der Waals surface area (Å²) < 4.78 is 0. The lowest BCUT2D eigenvalue weighted by Crippen LogP contribution is -2.63. The SMILES string of the molecule is CC(C)c1ccc(-c2cccc([Si](Cl)(c3cccc(-c4ccc(C(C)C)cc4)c3)c3cccc(-c4ccc(C(C)C)cc4)c3)c2)cc1. The molecule has 0 radical (unpaired) electrons. The maximum Gasteiger partial charge on any atom is 0.248 e. The molecular formula is C45H45ClSi. The van der Waals surface area contributed by atoms with Crippen LogP contribution in [0.5, 0.6) is 0 Å². The monoisotopic (exact) mass is 648 g/mol. The van der Waals surface area contributed by atoms with E-state index in [4.69, 9.17) is 11.1 Å². The fourth-order valence-corrected chi connectivity index (χ4v) is 10.5. The summed E-state index contributed by atoms with van der Waals surface area (Å²) in [7, 11) is -2.98. The van der Waals surface area contributed by atoms with Crippen molar-refractivity contribution in [2.45, 2.75) is 59.3 Å². The van der Waals surface area contributed by atoms with Gasteiger partial charge < -0.3 is 0 Å². The fraction of sp³-hybridized carbons (Fsp3) is 0.200. The van der Waals surface area contributed by atoms with E-state index in [1.807, 2.05) is 0 Å². The third-order valence-electron chi connectivity index (χ3n) is 9.51. The highest BCUT2D eigenvalue weighted by atomic mass is 35.6. The van der Waals surface area contributed by atoms with Gasteiger partial charge in [-0.1, -0.05) is 187 Å². The molecule has 0 amide bonds. The Morgan fingerprint density at radius 2 is 0.596 bits per heavy atom. The predicted molar refractivity (Wildman–Crippen MR) is 208 cm³/mol. The molecule has 0 spiro atoms. The third kappa shape index (κ3) is 6.93. The van der Waals surface area contributed by atoms with Crippen molar-refractivity contribution >= 4 is 34.0 Å². The first kappa shape index (κ1) is 32.8. The molecule has 2 heteroatoms. The Labute approximate surface area is 287 Å². The molecule has 0 fully saturated rings. The van der Waals surface area contributed by atoms with Crippen molar-refractivity contribution in [2.75, 3.05) is 0 Å². The standard InChI is InChI=1S/C45H45ClSi/c1-31(2)34-16-22-37(23-17-34)40-10-7-13-43(28-40)47(46,44-14-8-11-41(29-44)38-24-18-35(19-25-38)32(3)4)45-15-9-12-42(30-45)39-26-20-36(21-27-39)33(5)6/h7-33H,1-6H3. The van der Waals surface area contributed by atoms with Crippen LogP contribution in [0.3, 0.4) is 0 Å². The van der Waals surface area contributed by atoms with E-state index in [0.717, 1.165) is 0 Å². The normalized spacial score (nSPS) is 11.9. The van der Waals surface area contributed by atoms with Gasteiger partial charge in [0.05, 0.1) is 0 Å². The highest BCUT2D eigenvalue weighted by Gasteiger charge is 2.38. The van der Waals surface area contributed by atoms with E-state index in [0.29, 0.717) is 17.8 Å². The molecule has 0 aliphatic carbocycles.